The van der Waals surface area contributed by atoms with Crippen LogP contribution in [0.5, 0.6) is 5.75 Å². The number of amides is 1. The van der Waals surface area contributed by atoms with Gasteiger partial charge < -0.3 is 14.8 Å². The molecule has 2 aromatic rings. The summed E-state index contributed by atoms with van der Waals surface area (Å²) < 4.78 is 10.4. The zero-order valence-corrected chi connectivity index (χ0v) is 11.6. The van der Waals surface area contributed by atoms with Gasteiger partial charge in [-0.15, -0.1) is 0 Å². The van der Waals surface area contributed by atoms with E-state index < -0.39 is 0 Å². The summed E-state index contributed by atoms with van der Waals surface area (Å²) in [6, 6.07) is 12.0. The zero-order chi connectivity index (χ0) is 14.1. The summed E-state index contributed by atoms with van der Waals surface area (Å²) in [5, 5.41) is 5.13. The third-order valence-electron chi connectivity index (χ3n) is 3.55. The maximum Gasteiger partial charge on any atom is 0.252 e. The summed E-state index contributed by atoms with van der Waals surface area (Å²) in [6.07, 6.45) is -0.264. The summed E-state index contributed by atoms with van der Waals surface area (Å²) in [4.78, 5) is 11.7. The standard InChI is InChI=1S/C16H17NO3/c1-10(17-16(18)15-9-20-15)12-7-11-5-3-4-6-13(11)14(8-12)19-2/h3-8,10,15H,9H2,1-2H3,(H,17,18). The van der Waals surface area contributed by atoms with Crippen LogP contribution >= 0.6 is 0 Å². The molecule has 2 aromatic carbocycles. The Kier molecular flexibility index (Phi) is 3.32. The average molecular weight is 271 g/mol. The Morgan fingerprint density at radius 1 is 1.40 bits per heavy atom. The molecule has 0 spiro atoms. The predicted molar refractivity (Wildman–Crippen MR) is 76.8 cm³/mol. The molecular formula is C16H17NO3. The molecule has 1 aliphatic heterocycles. The fourth-order valence-electron chi connectivity index (χ4n) is 2.31. The fraction of sp³-hybridized carbons (Fsp3) is 0.312. The van der Waals surface area contributed by atoms with Crippen molar-refractivity contribution in [3.63, 3.8) is 0 Å². The van der Waals surface area contributed by atoms with Crippen molar-refractivity contribution in [1.29, 1.82) is 0 Å². The van der Waals surface area contributed by atoms with Crippen LogP contribution in [0.1, 0.15) is 18.5 Å². The van der Waals surface area contributed by atoms with Crippen LogP contribution in [0.15, 0.2) is 36.4 Å². The van der Waals surface area contributed by atoms with Crippen molar-refractivity contribution >= 4 is 16.7 Å². The number of methoxy groups -OCH3 is 1. The lowest BCUT2D eigenvalue weighted by Gasteiger charge is -2.16. The van der Waals surface area contributed by atoms with Crippen molar-refractivity contribution in [2.75, 3.05) is 13.7 Å². The van der Waals surface area contributed by atoms with Gasteiger partial charge in [0.1, 0.15) is 5.75 Å². The van der Waals surface area contributed by atoms with Gasteiger partial charge in [-0.3, -0.25) is 4.79 Å². The number of epoxide rings is 1. The van der Waals surface area contributed by atoms with E-state index in [9.17, 15) is 4.79 Å². The van der Waals surface area contributed by atoms with Crippen LogP contribution in [0, 0.1) is 0 Å². The van der Waals surface area contributed by atoms with Crippen molar-refractivity contribution in [2.45, 2.75) is 19.1 Å². The first kappa shape index (κ1) is 12.9. The van der Waals surface area contributed by atoms with E-state index in [1.165, 1.54) is 0 Å². The first-order valence-electron chi connectivity index (χ1n) is 6.67. The van der Waals surface area contributed by atoms with Gasteiger partial charge in [-0.25, -0.2) is 0 Å². The minimum atomic E-state index is -0.264. The van der Waals surface area contributed by atoms with E-state index in [0.29, 0.717) is 6.61 Å². The molecule has 2 atom stereocenters. The van der Waals surface area contributed by atoms with Crippen LogP contribution in [0.2, 0.25) is 0 Å². The number of hydrogen-bond donors (Lipinski definition) is 1. The number of benzene rings is 2. The van der Waals surface area contributed by atoms with E-state index in [1.54, 1.807) is 7.11 Å². The SMILES string of the molecule is COc1cc(C(C)NC(=O)C2CO2)cc2ccccc12. The zero-order valence-electron chi connectivity index (χ0n) is 11.6. The minimum Gasteiger partial charge on any atom is -0.496 e. The Labute approximate surface area is 117 Å². The van der Waals surface area contributed by atoms with Gasteiger partial charge in [0, 0.05) is 5.39 Å². The molecule has 1 N–H and O–H groups in total. The number of nitrogens with one attached hydrogen (secondary N) is 1. The Morgan fingerprint density at radius 3 is 2.85 bits per heavy atom. The molecule has 1 fully saturated rings. The Bertz CT molecular complexity index is 649. The highest BCUT2D eigenvalue weighted by molar-refractivity contribution is 5.89. The van der Waals surface area contributed by atoms with E-state index in [-0.39, 0.29) is 18.1 Å². The maximum atomic E-state index is 11.7. The third kappa shape index (κ3) is 2.47. The molecule has 1 amide bonds. The molecule has 3 rings (SSSR count). The highest BCUT2D eigenvalue weighted by atomic mass is 16.6. The molecule has 0 bridgehead atoms. The highest BCUT2D eigenvalue weighted by Crippen LogP contribution is 2.30. The lowest BCUT2D eigenvalue weighted by atomic mass is 10.0. The van der Waals surface area contributed by atoms with Gasteiger partial charge in [0.15, 0.2) is 6.10 Å². The molecule has 4 heteroatoms. The first-order chi connectivity index (χ1) is 9.69. The van der Waals surface area contributed by atoms with Crippen LogP contribution < -0.4 is 10.1 Å². The van der Waals surface area contributed by atoms with Crippen molar-refractivity contribution in [1.82, 2.24) is 5.32 Å². The van der Waals surface area contributed by atoms with Crippen molar-refractivity contribution in [3.8, 4) is 5.75 Å². The summed E-state index contributed by atoms with van der Waals surface area (Å²) in [6.45, 7) is 2.49. The van der Waals surface area contributed by atoms with Crippen LogP contribution in [-0.4, -0.2) is 25.7 Å². The van der Waals surface area contributed by atoms with Gasteiger partial charge in [-0.2, -0.15) is 0 Å². The maximum absolute atomic E-state index is 11.7. The van der Waals surface area contributed by atoms with Crippen LogP contribution in [0.3, 0.4) is 0 Å². The minimum absolute atomic E-state index is 0.0513. The van der Waals surface area contributed by atoms with Gasteiger partial charge in [-0.1, -0.05) is 24.3 Å². The summed E-state index contributed by atoms with van der Waals surface area (Å²) in [7, 11) is 1.66. The highest BCUT2D eigenvalue weighted by Gasteiger charge is 2.32. The van der Waals surface area contributed by atoms with Crippen LogP contribution in [-0.2, 0) is 9.53 Å². The second-order valence-corrected chi connectivity index (χ2v) is 5.00. The van der Waals surface area contributed by atoms with E-state index in [1.807, 2.05) is 37.3 Å². The van der Waals surface area contributed by atoms with E-state index >= 15 is 0 Å². The molecule has 4 nitrogen and oxygen atoms in total. The first-order valence-corrected chi connectivity index (χ1v) is 6.67. The molecular weight excluding hydrogens is 254 g/mol. The average Bonchev–Trinajstić information content (AvgIpc) is 3.30. The van der Waals surface area contributed by atoms with Gasteiger partial charge in [0.25, 0.3) is 5.91 Å². The quantitative estimate of drug-likeness (QED) is 0.869. The number of ether oxygens (including phenoxy) is 2. The van der Waals surface area contributed by atoms with Gasteiger partial charge in [0.2, 0.25) is 0 Å². The van der Waals surface area contributed by atoms with Crippen molar-refractivity contribution in [3.05, 3.63) is 42.0 Å². The number of carbonyl (C=O) groups excluding carboxylic acids is 1. The Hall–Kier alpha value is -2.07. The summed E-state index contributed by atoms with van der Waals surface area (Å²) in [5.41, 5.74) is 1.02. The molecule has 104 valence electrons. The molecule has 20 heavy (non-hydrogen) atoms. The molecule has 0 radical (unpaired) electrons. The van der Waals surface area contributed by atoms with Gasteiger partial charge in [-0.05, 0) is 30.0 Å². The number of carbonyl (C=O) groups is 1. The Balaban J connectivity index is 1.92. The van der Waals surface area contributed by atoms with Crippen LogP contribution in [0.4, 0.5) is 0 Å². The predicted octanol–water partition coefficient (Wildman–Crippen LogP) is 2.42. The van der Waals surface area contributed by atoms with Crippen LogP contribution in [0.25, 0.3) is 10.8 Å². The molecule has 1 aliphatic rings. The smallest absolute Gasteiger partial charge is 0.252 e. The van der Waals surface area contributed by atoms with E-state index in [2.05, 4.69) is 11.4 Å². The van der Waals surface area contributed by atoms with E-state index in [4.69, 9.17) is 9.47 Å². The second kappa shape index (κ2) is 5.13. The topological polar surface area (TPSA) is 50.9 Å². The second-order valence-electron chi connectivity index (χ2n) is 5.00. The molecule has 0 aromatic heterocycles. The van der Waals surface area contributed by atoms with Crippen molar-refractivity contribution < 1.29 is 14.3 Å². The monoisotopic (exact) mass is 271 g/mol. The normalized spacial score (nSPS) is 18.6. The molecule has 2 unspecified atom stereocenters. The molecule has 0 saturated carbocycles. The molecule has 1 saturated heterocycles. The number of rotatable bonds is 4. The largest absolute Gasteiger partial charge is 0.496 e. The molecule has 0 aliphatic carbocycles. The number of fused-ring (bicyclic) bond motifs is 1. The fourth-order valence-corrected chi connectivity index (χ4v) is 2.31. The lowest BCUT2D eigenvalue weighted by molar-refractivity contribution is -0.122. The molecule has 1 heterocycles. The third-order valence-corrected chi connectivity index (χ3v) is 3.55. The van der Waals surface area contributed by atoms with Gasteiger partial charge in [0.05, 0.1) is 19.8 Å². The summed E-state index contributed by atoms with van der Waals surface area (Å²) >= 11 is 0. The number of hydrogen-bond acceptors (Lipinski definition) is 3. The Morgan fingerprint density at radius 2 is 2.15 bits per heavy atom. The summed E-state index contributed by atoms with van der Waals surface area (Å²) in [5.74, 6) is 0.770. The van der Waals surface area contributed by atoms with E-state index in [0.717, 1.165) is 22.1 Å². The van der Waals surface area contributed by atoms with Gasteiger partial charge >= 0.3 is 0 Å². The lowest BCUT2D eigenvalue weighted by Crippen LogP contribution is -2.30. The van der Waals surface area contributed by atoms with Crippen molar-refractivity contribution in [2.24, 2.45) is 0 Å².